The van der Waals surface area contributed by atoms with Crippen molar-refractivity contribution in [3.05, 3.63) is 35.9 Å². The first kappa shape index (κ1) is 22.5. The molecule has 9 heteroatoms. The highest BCUT2D eigenvalue weighted by molar-refractivity contribution is 5.94. The summed E-state index contributed by atoms with van der Waals surface area (Å²) >= 11 is 0. The predicted molar refractivity (Wildman–Crippen MR) is 103 cm³/mol. The van der Waals surface area contributed by atoms with E-state index in [1.54, 1.807) is 24.3 Å². The summed E-state index contributed by atoms with van der Waals surface area (Å²) in [5.74, 6) is -0.921. The van der Waals surface area contributed by atoms with E-state index in [1.165, 1.54) is 4.90 Å². The Balaban J connectivity index is 1.52. The third kappa shape index (κ3) is 5.30. The van der Waals surface area contributed by atoms with Crippen molar-refractivity contribution in [3.8, 4) is 0 Å². The molecule has 2 heterocycles. The van der Waals surface area contributed by atoms with Crippen molar-refractivity contribution in [1.29, 1.82) is 0 Å². The third-order valence-corrected chi connectivity index (χ3v) is 6.06. The van der Waals surface area contributed by atoms with Gasteiger partial charge < -0.3 is 10.2 Å². The number of alkyl halides is 4. The quantitative estimate of drug-likeness (QED) is 0.577. The Morgan fingerprint density at radius 1 is 1.20 bits per heavy atom. The Morgan fingerprint density at radius 3 is 2.53 bits per heavy atom. The van der Waals surface area contributed by atoms with E-state index in [4.69, 9.17) is 0 Å². The van der Waals surface area contributed by atoms with Gasteiger partial charge in [-0.05, 0) is 43.2 Å². The molecule has 1 aromatic carbocycles. The predicted octanol–water partition coefficient (Wildman–Crippen LogP) is 3.37. The number of carbonyl (C=O) groups is 2. The SMILES string of the molecule is C[C@@]1(CNC(=O)c2ccccc2)CCN(CC(=O)N2CCC[C@@H]2C(F)(F)F)[C@H](F)C1. The zero-order valence-electron chi connectivity index (χ0n) is 16.9. The van der Waals surface area contributed by atoms with E-state index in [-0.39, 0.29) is 44.9 Å². The van der Waals surface area contributed by atoms with E-state index in [0.717, 1.165) is 4.90 Å². The number of halogens is 4. The van der Waals surface area contributed by atoms with Crippen LogP contribution in [0.5, 0.6) is 0 Å². The lowest BCUT2D eigenvalue weighted by Crippen LogP contribution is -2.53. The lowest BCUT2D eigenvalue weighted by atomic mass is 9.79. The minimum absolute atomic E-state index is 0.0526. The highest BCUT2D eigenvalue weighted by atomic mass is 19.4. The molecule has 2 fully saturated rings. The van der Waals surface area contributed by atoms with Gasteiger partial charge in [-0.1, -0.05) is 25.1 Å². The van der Waals surface area contributed by atoms with Crippen molar-refractivity contribution in [3.63, 3.8) is 0 Å². The van der Waals surface area contributed by atoms with Crippen LogP contribution in [0.3, 0.4) is 0 Å². The first-order valence-electron chi connectivity index (χ1n) is 10.2. The standard InChI is InChI=1S/C21H27F4N3O2/c1-20(14-26-19(30)15-6-3-2-4-7-15)9-11-27(17(22)12-20)13-18(29)28-10-5-8-16(28)21(23,24)25/h2-4,6-7,16-17H,5,8-14H2,1H3,(H,26,30)/t16-,17+,20-/m1/s1. The van der Waals surface area contributed by atoms with Gasteiger partial charge in [0.05, 0.1) is 6.54 Å². The summed E-state index contributed by atoms with van der Waals surface area (Å²) in [5.41, 5.74) is 0.0247. The average Bonchev–Trinajstić information content (AvgIpc) is 3.20. The van der Waals surface area contributed by atoms with Crippen molar-refractivity contribution in [2.24, 2.45) is 5.41 Å². The molecule has 30 heavy (non-hydrogen) atoms. The van der Waals surface area contributed by atoms with E-state index < -0.39 is 29.8 Å². The van der Waals surface area contributed by atoms with Crippen LogP contribution in [0.25, 0.3) is 0 Å². The van der Waals surface area contributed by atoms with Crippen molar-refractivity contribution in [2.75, 3.05) is 26.2 Å². The maximum absolute atomic E-state index is 14.8. The van der Waals surface area contributed by atoms with E-state index >= 15 is 0 Å². The molecule has 0 bridgehead atoms. The zero-order chi connectivity index (χ0) is 21.9. The van der Waals surface area contributed by atoms with Gasteiger partial charge in [0.25, 0.3) is 5.91 Å². The van der Waals surface area contributed by atoms with Gasteiger partial charge in [-0.2, -0.15) is 13.2 Å². The van der Waals surface area contributed by atoms with Crippen LogP contribution in [0.4, 0.5) is 17.6 Å². The fourth-order valence-corrected chi connectivity index (χ4v) is 4.19. The van der Waals surface area contributed by atoms with Gasteiger partial charge in [0, 0.05) is 25.2 Å². The topological polar surface area (TPSA) is 52.7 Å². The number of likely N-dealkylation sites (tertiary alicyclic amines) is 2. The van der Waals surface area contributed by atoms with E-state index in [9.17, 15) is 27.2 Å². The lowest BCUT2D eigenvalue weighted by Gasteiger charge is -2.42. The number of rotatable bonds is 5. The van der Waals surface area contributed by atoms with Crippen LogP contribution in [-0.2, 0) is 4.79 Å². The molecule has 0 radical (unpaired) electrons. The van der Waals surface area contributed by atoms with Gasteiger partial charge in [-0.15, -0.1) is 0 Å². The maximum atomic E-state index is 14.8. The van der Waals surface area contributed by atoms with Crippen LogP contribution in [0.15, 0.2) is 30.3 Å². The van der Waals surface area contributed by atoms with E-state index in [2.05, 4.69) is 5.32 Å². The van der Waals surface area contributed by atoms with Gasteiger partial charge in [0.2, 0.25) is 5.91 Å². The minimum atomic E-state index is -4.46. The fourth-order valence-electron chi connectivity index (χ4n) is 4.19. The number of piperidine rings is 1. The Bertz CT molecular complexity index is 758. The van der Waals surface area contributed by atoms with Crippen molar-refractivity contribution in [1.82, 2.24) is 15.1 Å². The second-order valence-corrected chi connectivity index (χ2v) is 8.51. The average molecular weight is 429 g/mol. The molecule has 2 aliphatic heterocycles. The molecular weight excluding hydrogens is 402 g/mol. The molecule has 2 amide bonds. The van der Waals surface area contributed by atoms with Gasteiger partial charge in [-0.3, -0.25) is 14.5 Å². The largest absolute Gasteiger partial charge is 0.408 e. The van der Waals surface area contributed by atoms with Crippen LogP contribution in [-0.4, -0.2) is 66.3 Å². The molecule has 1 aromatic rings. The molecule has 0 unspecified atom stereocenters. The smallest absolute Gasteiger partial charge is 0.351 e. The van der Waals surface area contributed by atoms with Crippen LogP contribution in [0.1, 0.15) is 43.0 Å². The maximum Gasteiger partial charge on any atom is 0.408 e. The van der Waals surface area contributed by atoms with Crippen LogP contribution >= 0.6 is 0 Å². The Hall–Kier alpha value is -2.16. The van der Waals surface area contributed by atoms with Gasteiger partial charge in [0.1, 0.15) is 6.04 Å². The van der Waals surface area contributed by atoms with Crippen LogP contribution < -0.4 is 5.32 Å². The summed E-state index contributed by atoms with van der Waals surface area (Å²) in [6.45, 7) is 2.09. The molecule has 2 aliphatic rings. The minimum Gasteiger partial charge on any atom is -0.351 e. The monoisotopic (exact) mass is 429 g/mol. The molecule has 0 spiro atoms. The van der Waals surface area contributed by atoms with Gasteiger partial charge in [-0.25, -0.2) is 4.39 Å². The third-order valence-electron chi connectivity index (χ3n) is 6.06. The normalized spacial score (nSPS) is 27.8. The number of hydrogen-bond acceptors (Lipinski definition) is 3. The summed E-state index contributed by atoms with van der Waals surface area (Å²) in [6, 6.07) is 6.93. The number of carbonyl (C=O) groups excluding carboxylic acids is 2. The molecule has 5 nitrogen and oxygen atoms in total. The molecule has 2 saturated heterocycles. The summed E-state index contributed by atoms with van der Waals surface area (Å²) in [7, 11) is 0. The number of amides is 2. The Morgan fingerprint density at radius 2 is 1.90 bits per heavy atom. The summed E-state index contributed by atoms with van der Waals surface area (Å²) < 4.78 is 54.0. The van der Waals surface area contributed by atoms with Crippen molar-refractivity contribution < 1.29 is 27.2 Å². The molecular formula is C21H27F4N3O2. The summed E-state index contributed by atoms with van der Waals surface area (Å²) in [4.78, 5) is 26.8. The molecule has 0 aromatic heterocycles. The molecule has 1 N–H and O–H groups in total. The second kappa shape index (κ2) is 8.91. The summed E-state index contributed by atoms with van der Waals surface area (Å²) in [5, 5.41) is 2.83. The number of nitrogens with one attached hydrogen (secondary N) is 1. The number of benzene rings is 1. The molecule has 0 saturated carbocycles. The Labute approximate surface area is 173 Å². The van der Waals surface area contributed by atoms with Gasteiger partial charge >= 0.3 is 6.18 Å². The first-order valence-corrected chi connectivity index (χ1v) is 10.2. The van der Waals surface area contributed by atoms with E-state index in [0.29, 0.717) is 18.4 Å². The first-order chi connectivity index (χ1) is 14.1. The number of nitrogens with zero attached hydrogens (tertiary/aromatic N) is 2. The highest BCUT2D eigenvalue weighted by Crippen LogP contribution is 2.36. The molecule has 3 atom stereocenters. The Kier molecular flexibility index (Phi) is 6.69. The summed E-state index contributed by atoms with van der Waals surface area (Å²) in [6.07, 6.45) is -5.09. The lowest BCUT2D eigenvalue weighted by molar-refractivity contribution is -0.184. The highest BCUT2D eigenvalue weighted by Gasteiger charge is 2.48. The number of hydrogen-bond donors (Lipinski definition) is 1. The molecule has 0 aliphatic carbocycles. The van der Waals surface area contributed by atoms with Crippen molar-refractivity contribution in [2.45, 2.75) is 51.1 Å². The van der Waals surface area contributed by atoms with Crippen LogP contribution in [0.2, 0.25) is 0 Å². The second-order valence-electron chi connectivity index (χ2n) is 8.51. The van der Waals surface area contributed by atoms with E-state index in [1.807, 2.05) is 13.0 Å². The van der Waals surface area contributed by atoms with Crippen LogP contribution in [0, 0.1) is 5.41 Å². The molecule has 166 valence electrons. The van der Waals surface area contributed by atoms with Gasteiger partial charge in [0.15, 0.2) is 6.30 Å². The van der Waals surface area contributed by atoms with Crippen molar-refractivity contribution >= 4 is 11.8 Å². The zero-order valence-corrected chi connectivity index (χ0v) is 16.9. The molecule has 3 rings (SSSR count). The fraction of sp³-hybridized carbons (Fsp3) is 0.619.